The smallest absolute Gasteiger partial charge is 0.312 e. The predicted molar refractivity (Wildman–Crippen MR) is 66.9 cm³/mol. The van der Waals surface area contributed by atoms with Gasteiger partial charge >= 0.3 is 11.8 Å². The van der Waals surface area contributed by atoms with Gasteiger partial charge in [-0.2, -0.15) is 0 Å². The van der Waals surface area contributed by atoms with Gasteiger partial charge in [-0.3, -0.25) is 9.59 Å². The SMILES string of the molecule is CCN1CCN(Cc2cccc(Cl)n2)C(=O)C1=O. The fourth-order valence-electron chi connectivity index (χ4n) is 1.90. The average molecular weight is 268 g/mol. The largest absolute Gasteiger partial charge is 0.333 e. The topological polar surface area (TPSA) is 53.5 Å². The molecule has 1 aromatic rings. The molecule has 1 aromatic heterocycles. The van der Waals surface area contributed by atoms with Gasteiger partial charge in [0.05, 0.1) is 12.2 Å². The van der Waals surface area contributed by atoms with Gasteiger partial charge in [0.15, 0.2) is 0 Å². The highest BCUT2D eigenvalue weighted by atomic mass is 35.5. The molecule has 2 rings (SSSR count). The van der Waals surface area contributed by atoms with Gasteiger partial charge in [0.1, 0.15) is 5.15 Å². The molecule has 1 aliphatic rings. The lowest BCUT2D eigenvalue weighted by Crippen LogP contribution is -2.53. The molecule has 0 atom stereocenters. The molecule has 0 saturated carbocycles. The number of halogens is 1. The van der Waals surface area contributed by atoms with Gasteiger partial charge < -0.3 is 9.80 Å². The van der Waals surface area contributed by atoms with Crippen LogP contribution in [0.3, 0.4) is 0 Å². The Balaban J connectivity index is 2.07. The Bertz CT molecular complexity index is 478. The normalized spacial score (nSPS) is 16.3. The highest BCUT2D eigenvalue weighted by Gasteiger charge is 2.31. The summed E-state index contributed by atoms with van der Waals surface area (Å²) in [5, 5.41) is 0.387. The first-order valence-electron chi connectivity index (χ1n) is 5.81. The number of nitrogens with zero attached hydrogens (tertiary/aromatic N) is 3. The van der Waals surface area contributed by atoms with Crippen molar-refractivity contribution in [1.29, 1.82) is 0 Å². The van der Waals surface area contributed by atoms with Crippen LogP contribution in [0.15, 0.2) is 18.2 Å². The Morgan fingerprint density at radius 3 is 2.56 bits per heavy atom. The number of carbonyl (C=O) groups excluding carboxylic acids is 2. The van der Waals surface area contributed by atoms with E-state index in [1.165, 1.54) is 4.90 Å². The molecule has 1 saturated heterocycles. The fraction of sp³-hybridized carbons (Fsp3) is 0.417. The van der Waals surface area contributed by atoms with Crippen LogP contribution in [0.1, 0.15) is 12.6 Å². The molecule has 0 N–H and O–H groups in total. The van der Waals surface area contributed by atoms with Gasteiger partial charge in [-0.05, 0) is 19.1 Å². The summed E-state index contributed by atoms with van der Waals surface area (Å²) in [5.41, 5.74) is 0.689. The van der Waals surface area contributed by atoms with Crippen LogP contribution in [0.5, 0.6) is 0 Å². The van der Waals surface area contributed by atoms with Crippen molar-refractivity contribution in [2.75, 3.05) is 19.6 Å². The summed E-state index contributed by atoms with van der Waals surface area (Å²) in [6.45, 7) is 3.85. The number of rotatable bonds is 3. The van der Waals surface area contributed by atoms with E-state index >= 15 is 0 Å². The van der Waals surface area contributed by atoms with Gasteiger partial charge in [-0.25, -0.2) is 4.98 Å². The average Bonchev–Trinajstić information content (AvgIpc) is 2.35. The molecule has 0 spiro atoms. The van der Waals surface area contributed by atoms with Crippen molar-refractivity contribution in [2.24, 2.45) is 0 Å². The van der Waals surface area contributed by atoms with E-state index in [1.807, 2.05) is 6.92 Å². The minimum absolute atomic E-state index is 0.322. The van der Waals surface area contributed by atoms with E-state index in [0.717, 1.165) is 0 Å². The van der Waals surface area contributed by atoms with Crippen LogP contribution in [0.4, 0.5) is 0 Å². The summed E-state index contributed by atoms with van der Waals surface area (Å²) >= 11 is 5.78. The van der Waals surface area contributed by atoms with E-state index in [1.54, 1.807) is 23.1 Å². The van der Waals surface area contributed by atoms with Crippen molar-refractivity contribution < 1.29 is 9.59 Å². The van der Waals surface area contributed by atoms with Crippen molar-refractivity contribution in [3.05, 3.63) is 29.0 Å². The maximum atomic E-state index is 11.9. The van der Waals surface area contributed by atoms with Crippen molar-refractivity contribution in [1.82, 2.24) is 14.8 Å². The lowest BCUT2D eigenvalue weighted by atomic mass is 10.2. The summed E-state index contributed by atoms with van der Waals surface area (Å²) in [5.74, 6) is -0.907. The molecule has 5 nitrogen and oxygen atoms in total. The third kappa shape index (κ3) is 2.61. The molecule has 2 heterocycles. The van der Waals surface area contributed by atoms with Crippen LogP contribution >= 0.6 is 11.6 Å². The second-order valence-corrected chi connectivity index (χ2v) is 4.45. The zero-order chi connectivity index (χ0) is 13.1. The Labute approximate surface area is 110 Å². The van der Waals surface area contributed by atoms with Gasteiger partial charge in [-0.1, -0.05) is 17.7 Å². The maximum absolute atomic E-state index is 11.9. The van der Waals surface area contributed by atoms with Crippen LogP contribution in [-0.2, 0) is 16.1 Å². The van der Waals surface area contributed by atoms with E-state index in [2.05, 4.69) is 4.98 Å². The lowest BCUT2D eigenvalue weighted by molar-refractivity contribution is -0.156. The Kier molecular flexibility index (Phi) is 3.81. The molecule has 1 fully saturated rings. The van der Waals surface area contributed by atoms with Crippen LogP contribution in [-0.4, -0.2) is 46.2 Å². The van der Waals surface area contributed by atoms with E-state index in [4.69, 9.17) is 11.6 Å². The van der Waals surface area contributed by atoms with Gasteiger partial charge in [-0.15, -0.1) is 0 Å². The Morgan fingerprint density at radius 1 is 1.22 bits per heavy atom. The quantitative estimate of drug-likeness (QED) is 0.605. The molecule has 6 heteroatoms. The maximum Gasteiger partial charge on any atom is 0.312 e. The Hall–Kier alpha value is -1.62. The number of likely N-dealkylation sites (N-methyl/N-ethyl adjacent to an activating group) is 1. The van der Waals surface area contributed by atoms with E-state index in [0.29, 0.717) is 37.0 Å². The summed E-state index contributed by atoms with van der Waals surface area (Å²) < 4.78 is 0. The van der Waals surface area contributed by atoms with Gasteiger partial charge in [0.25, 0.3) is 0 Å². The minimum atomic E-state index is -0.468. The second-order valence-electron chi connectivity index (χ2n) is 4.06. The number of piperazine rings is 1. The number of pyridine rings is 1. The zero-order valence-corrected chi connectivity index (χ0v) is 10.9. The first-order valence-corrected chi connectivity index (χ1v) is 6.19. The monoisotopic (exact) mass is 267 g/mol. The predicted octanol–water partition coefficient (Wildman–Crippen LogP) is 0.926. The number of hydrogen-bond donors (Lipinski definition) is 0. The molecule has 0 unspecified atom stereocenters. The number of aromatic nitrogens is 1. The first-order chi connectivity index (χ1) is 8.61. The van der Waals surface area contributed by atoms with E-state index in [9.17, 15) is 9.59 Å². The fourth-order valence-corrected chi connectivity index (χ4v) is 2.08. The van der Waals surface area contributed by atoms with Crippen molar-refractivity contribution in [3.8, 4) is 0 Å². The lowest BCUT2D eigenvalue weighted by Gasteiger charge is -2.32. The van der Waals surface area contributed by atoms with Crippen LogP contribution in [0.25, 0.3) is 0 Å². The van der Waals surface area contributed by atoms with Crippen molar-refractivity contribution in [3.63, 3.8) is 0 Å². The van der Waals surface area contributed by atoms with Crippen LogP contribution in [0.2, 0.25) is 5.15 Å². The van der Waals surface area contributed by atoms with E-state index in [-0.39, 0.29) is 0 Å². The number of carbonyl (C=O) groups is 2. The summed E-state index contributed by atoms with van der Waals surface area (Å²) in [6.07, 6.45) is 0. The molecule has 0 radical (unpaired) electrons. The molecule has 18 heavy (non-hydrogen) atoms. The van der Waals surface area contributed by atoms with Gasteiger partial charge in [0.2, 0.25) is 0 Å². The standard InChI is InChI=1S/C12H14ClN3O2/c1-2-15-6-7-16(12(18)11(15)17)8-9-4-3-5-10(13)14-9/h3-5H,2,6-8H2,1H3. The zero-order valence-electron chi connectivity index (χ0n) is 10.1. The molecular weight excluding hydrogens is 254 g/mol. The van der Waals surface area contributed by atoms with E-state index < -0.39 is 11.8 Å². The van der Waals surface area contributed by atoms with Crippen molar-refractivity contribution >= 4 is 23.4 Å². The molecule has 96 valence electrons. The molecule has 2 amide bonds. The minimum Gasteiger partial charge on any atom is -0.333 e. The number of hydrogen-bond acceptors (Lipinski definition) is 3. The Morgan fingerprint density at radius 2 is 1.89 bits per heavy atom. The van der Waals surface area contributed by atoms with Crippen molar-refractivity contribution in [2.45, 2.75) is 13.5 Å². The summed E-state index contributed by atoms with van der Waals surface area (Å²) in [4.78, 5) is 30.7. The third-order valence-electron chi connectivity index (χ3n) is 2.90. The highest BCUT2D eigenvalue weighted by molar-refractivity contribution is 6.35. The third-order valence-corrected chi connectivity index (χ3v) is 3.12. The molecule has 0 bridgehead atoms. The summed E-state index contributed by atoms with van der Waals surface area (Å²) in [7, 11) is 0. The molecule has 0 aliphatic carbocycles. The highest BCUT2D eigenvalue weighted by Crippen LogP contribution is 2.11. The molecular formula is C12H14ClN3O2. The summed E-state index contributed by atoms with van der Waals surface area (Å²) in [6, 6.07) is 5.24. The number of amides is 2. The second kappa shape index (κ2) is 5.35. The first kappa shape index (κ1) is 12.8. The van der Waals surface area contributed by atoms with Crippen LogP contribution < -0.4 is 0 Å². The molecule has 0 aromatic carbocycles. The molecule has 1 aliphatic heterocycles. The van der Waals surface area contributed by atoms with Crippen LogP contribution in [0, 0.1) is 0 Å². The van der Waals surface area contributed by atoms with Gasteiger partial charge in [0, 0.05) is 19.6 Å².